The molecule has 15 heteroatoms. The average Bonchev–Trinajstić information content (AvgIpc) is 3.23. The number of piperidine rings is 1. The van der Waals surface area contributed by atoms with E-state index in [0.717, 1.165) is 31.6 Å². The van der Waals surface area contributed by atoms with Crippen molar-refractivity contribution in [1.82, 2.24) is 15.2 Å². The van der Waals surface area contributed by atoms with Crippen LogP contribution < -0.4 is 31.6 Å². The maximum absolute atomic E-state index is 12.9. The molecule has 0 spiro atoms. The third-order valence-electron chi connectivity index (χ3n) is 9.49. The first-order chi connectivity index (χ1) is 27.3. The molecule has 0 atom stereocenters. The van der Waals surface area contributed by atoms with E-state index in [2.05, 4.69) is 37.7 Å². The molecule has 294 valence electrons. The zero-order valence-corrected chi connectivity index (χ0v) is 31.5. The number of fused-ring (bicyclic) bond motifs is 1. The van der Waals surface area contributed by atoms with Crippen LogP contribution in [0.15, 0.2) is 65.9 Å². The smallest absolute Gasteiger partial charge is 0.256 e. The summed E-state index contributed by atoms with van der Waals surface area (Å²) < 4.78 is 22.9. The molecule has 7 N–H and O–H groups in total. The number of methoxy groups -OCH3 is 1. The van der Waals surface area contributed by atoms with E-state index < -0.39 is 5.91 Å². The number of pyridine rings is 1. The van der Waals surface area contributed by atoms with Crippen LogP contribution in [0.2, 0.25) is 0 Å². The van der Waals surface area contributed by atoms with Crippen LogP contribution in [0.1, 0.15) is 39.9 Å². The van der Waals surface area contributed by atoms with Gasteiger partial charge in [0, 0.05) is 49.1 Å². The van der Waals surface area contributed by atoms with Gasteiger partial charge in [-0.15, -0.1) is 6.42 Å². The Balaban J connectivity index is 1.10. The minimum absolute atomic E-state index is 0.0367. The van der Waals surface area contributed by atoms with Crippen molar-refractivity contribution in [2.45, 2.75) is 12.8 Å². The fourth-order valence-electron chi connectivity index (χ4n) is 6.04. The van der Waals surface area contributed by atoms with Crippen LogP contribution in [0, 0.1) is 29.1 Å². The van der Waals surface area contributed by atoms with Gasteiger partial charge in [0.15, 0.2) is 11.5 Å². The van der Waals surface area contributed by atoms with Crippen molar-refractivity contribution in [2.75, 3.05) is 84.9 Å². The highest BCUT2D eigenvalue weighted by atomic mass is 16.6. The zero-order chi connectivity index (χ0) is 39.8. The van der Waals surface area contributed by atoms with E-state index in [-0.39, 0.29) is 49.8 Å². The Morgan fingerprint density at radius 2 is 1.79 bits per heavy atom. The second-order valence-electron chi connectivity index (χ2n) is 13.2. The number of rotatable bonds is 20. The Kier molecular flexibility index (Phi) is 15.2. The maximum Gasteiger partial charge on any atom is 0.256 e. The number of aromatic hydroxyl groups is 1. The Morgan fingerprint density at radius 3 is 2.52 bits per heavy atom. The van der Waals surface area contributed by atoms with Gasteiger partial charge in [-0.2, -0.15) is 5.26 Å². The first-order valence-corrected chi connectivity index (χ1v) is 18.2. The fourth-order valence-corrected chi connectivity index (χ4v) is 6.04. The number of carbonyl (C=O) groups excluding carboxylic acids is 1. The molecule has 0 saturated carbocycles. The van der Waals surface area contributed by atoms with E-state index in [1.165, 1.54) is 18.5 Å². The van der Waals surface area contributed by atoms with Crippen LogP contribution in [0.4, 0.5) is 11.4 Å². The summed E-state index contributed by atoms with van der Waals surface area (Å²) in [6.07, 6.45) is 10.3. The molecule has 0 bridgehead atoms. The fraction of sp³-hybridized carbons (Fsp3) is 0.366. The zero-order valence-electron chi connectivity index (χ0n) is 31.5. The standard InChI is InChI=1S/C41H48N8O7/c1-3-29-5-4-6-32(19-29)48-39-31(23-42)25-45-35-22-38(37(21-33(35)39)54-16-13-52-2)55-17-14-53-15-18-56-47-24-30-7-8-36(50)34(20-30)40(51)46-28-49-11-9-41(26-43,27-44)10-12-49/h1,4-8,19-22,24-25,50H,9-18,26-28,43-44H2,2H3,(H,45,48)(H,46,51)/b47-24+. The van der Waals surface area contributed by atoms with E-state index in [1.807, 2.05) is 24.3 Å². The largest absolute Gasteiger partial charge is 0.507 e. The molecule has 0 radical (unpaired) electrons. The van der Waals surface area contributed by atoms with Crippen molar-refractivity contribution < 1.29 is 33.7 Å². The third kappa shape index (κ3) is 11.1. The number of phenolic OH excluding ortho intramolecular Hbond substituents is 1. The summed E-state index contributed by atoms with van der Waals surface area (Å²) in [5.41, 5.74) is 15.5. The second-order valence-corrected chi connectivity index (χ2v) is 13.2. The molecular formula is C41H48N8O7. The van der Waals surface area contributed by atoms with Gasteiger partial charge in [0.05, 0.1) is 55.0 Å². The number of anilines is 2. The molecular weight excluding hydrogens is 716 g/mol. The lowest BCUT2D eigenvalue weighted by molar-refractivity contribution is 0.0387. The lowest BCUT2D eigenvalue weighted by atomic mass is 9.78. The summed E-state index contributed by atoms with van der Waals surface area (Å²) in [6, 6.07) is 17.7. The summed E-state index contributed by atoms with van der Waals surface area (Å²) in [6.45, 7) is 4.51. The predicted molar refractivity (Wildman–Crippen MR) is 213 cm³/mol. The molecule has 1 saturated heterocycles. The molecule has 5 rings (SSSR count). The van der Waals surface area contributed by atoms with E-state index in [1.54, 1.807) is 31.4 Å². The van der Waals surface area contributed by atoms with Crippen LogP contribution >= 0.6 is 0 Å². The molecule has 4 aromatic rings. The van der Waals surface area contributed by atoms with Crippen LogP contribution in [0.5, 0.6) is 17.2 Å². The van der Waals surface area contributed by atoms with E-state index in [4.69, 9.17) is 41.7 Å². The number of oxime groups is 1. The molecule has 1 aromatic heterocycles. The molecule has 1 fully saturated rings. The third-order valence-corrected chi connectivity index (χ3v) is 9.49. The summed E-state index contributed by atoms with van der Waals surface area (Å²) in [5.74, 6) is 2.99. The van der Waals surface area contributed by atoms with Gasteiger partial charge < -0.3 is 51.0 Å². The first kappa shape index (κ1) is 41.2. The van der Waals surface area contributed by atoms with Crippen LogP contribution in [-0.2, 0) is 14.3 Å². The minimum atomic E-state index is -0.394. The number of nitrogens with zero attached hydrogens (tertiary/aromatic N) is 4. The van der Waals surface area contributed by atoms with Crippen molar-refractivity contribution in [3.05, 3.63) is 83.0 Å². The van der Waals surface area contributed by atoms with Crippen molar-refractivity contribution in [1.29, 1.82) is 5.26 Å². The van der Waals surface area contributed by atoms with Crippen molar-refractivity contribution in [3.63, 3.8) is 0 Å². The van der Waals surface area contributed by atoms with E-state index in [0.29, 0.717) is 71.1 Å². The predicted octanol–water partition coefficient (Wildman–Crippen LogP) is 3.70. The number of hydrogen-bond donors (Lipinski definition) is 5. The van der Waals surface area contributed by atoms with Gasteiger partial charge in [-0.25, -0.2) is 0 Å². The van der Waals surface area contributed by atoms with Gasteiger partial charge in [0.2, 0.25) is 0 Å². The van der Waals surface area contributed by atoms with E-state index >= 15 is 0 Å². The number of nitrogens with two attached hydrogens (primary N) is 2. The Hall–Kier alpha value is -5.94. The molecule has 1 amide bonds. The molecule has 56 heavy (non-hydrogen) atoms. The number of aromatic nitrogens is 1. The van der Waals surface area contributed by atoms with Gasteiger partial charge in [-0.3, -0.25) is 14.7 Å². The number of benzene rings is 3. The van der Waals surface area contributed by atoms with Crippen molar-refractivity contribution in [3.8, 4) is 35.7 Å². The number of carbonyl (C=O) groups is 1. The molecule has 0 aliphatic carbocycles. The van der Waals surface area contributed by atoms with Gasteiger partial charge >= 0.3 is 0 Å². The number of phenols is 1. The number of amides is 1. The van der Waals surface area contributed by atoms with Crippen LogP contribution in [0.25, 0.3) is 10.9 Å². The summed E-state index contributed by atoms with van der Waals surface area (Å²) in [5, 5.41) is 31.0. The maximum atomic E-state index is 12.9. The second kappa shape index (κ2) is 20.7. The lowest BCUT2D eigenvalue weighted by Gasteiger charge is -2.40. The van der Waals surface area contributed by atoms with Crippen LogP contribution in [-0.4, -0.2) is 107 Å². The van der Waals surface area contributed by atoms with Crippen LogP contribution in [0.3, 0.4) is 0 Å². The Labute approximate surface area is 326 Å². The SMILES string of the molecule is C#Cc1cccc(Nc2c(C#N)cnc3cc(OCCOCCO/N=C/c4ccc(O)c(C(=O)NCN5CCC(CN)(CN)CC5)c4)c(OCCOC)cc23)c1. The molecule has 3 aromatic carbocycles. The molecule has 2 heterocycles. The van der Waals surface area contributed by atoms with Gasteiger partial charge in [-0.05, 0) is 79.4 Å². The monoisotopic (exact) mass is 764 g/mol. The summed E-state index contributed by atoms with van der Waals surface area (Å²) >= 11 is 0. The lowest BCUT2D eigenvalue weighted by Crippen LogP contribution is -2.50. The van der Waals surface area contributed by atoms with Gasteiger partial charge in [0.1, 0.15) is 31.6 Å². The summed E-state index contributed by atoms with van der Waals surface area (Å²) in [7, 11) is 1.58. The highest BCUT2D eigenvalue weighted by molar-refractivity contribution is 5.99. The molecule has 0 unspecified atom stereocenters. The van der Waals surface area contributed by atoms with Gasteiger partial charge in [-0.1, -0.05) is 17.1 Å². The number of terminal acetylenes is 1. The Bertz CT molecular complexity index is 2050. The van der Waals surface area contributed by atoms with Crippen molar-refractivity contribution >= 4 is 34.4 Å². The first-order valence-electron chi connectivity index (χ1n) is 18.2. The topological polar surface area (TPSA) is 212 Å². The molecule has 15 nitrogen and oxygen atoms in total. The van der Waals surface area contributed by atoms with Gasteiger partial charge in [0.25, 0.3) is 5.91 Å². The Morgan fingerprint density at radius 1 is 1.04 bits per heavy atom. The van der Waals surface area contributed by atoms with Crippen molar-refractivity contribution in [2.24, 2.45) is 22.0 Å². The number of nitriles is 1. The average molecular weight is 765 g/mol. The normalized spacial score (nSPS) is 13.9. The van der Waals surface area contributed by atoms with E-state index in [9.17, 15) is 15.2 Å². The number of nitrogens with one attached hydrogen (secondary N) is 2. The summed E-state index contributed by atoms with van der Waals surface area (Å²) in [4.78, 5) is 24.8. The molecule has 1 aliphatic heterocycles. The molecule has 1 aliphatic rings. The highest BCUT2D eigenvalue weighted by Crippen LogP contribution is 2.37. The quantitative estimate of drug-likeness (QED) is 0.0377. The number of hydrogen-bond acceptors (Lipinski definition) is 14. The number of likely N-dealkylation sites (tertiary alicyclic amines) is 1. The number of ether oxygens (including phenoxy) is 4. The highest BCUT2D eigenvalue weighted by Gasteiger charge is 2.32. The minimum Gasteiger partial charge on any atom is -0.507 e.